The van der Waals surface area contributed by atoms with E-state index >= 15 is 0 Å². The highest BCUT2D eigenvalue weighted by Crippen LogP contribution is 2.12. The fraction of sp³-hybridized carbons (Fsp3) is 0.400. The molecule has 1 N–H and O–H groups in total. The zero-order valence-electron chi connectivity index (χ0n) is 8.75. The summed E-state index contributed by atoms with van der Waals surface area (Å²) in [6, 6.07) is 6.05. The summed E-state index contributed by atoms with van der Waals surface area (Å²) < 4.78 is 1.17. The monoisotopic (exact) mass is 321 g/mol. The van der Waals surface area contributed by atoms with Crippen molar-refractivity contribution >= 4 is 42.8 Å². The minimum absolute atomic E-state index is 0. The molecular formula is C10H15BIOS. The Bertz CT molecular complexity index is 256. The van der Waals surface area contributed by atoms with E-state index in [1.807, 2.05) is 37.6 Å². The van der Waals surface area contributed by atoms with Gasteiger partial charge in [-0.2, -0.15) is 11.8 Å². The third-order valence-electron chi connectivity index (χ3n) is 1.48. The van der Waals surface area contributed by atoms with E-state index in [1.165, 1.54) is 3.57 Å². The first-order valence-corrected chi connectivity index (χ1v) is 6.63. The maximum Gasteiger partial charge on any atom is 0.0684 e. The van der Waals surface area contributed by atoms with Gasteiger partial charge in [0.25, 0.3) is 0 Å². The molecule has 0 saturated carbocycles. The third kappa shape index (κ3) is 6.73. The van der Waals surface area contributed by atoms with Crippen molar-refractivity contribution in [3.63, 3.8) is 0 Å². The van der Waals surface area contributed by atoms with E-state index < -0.39 is 0 Å². The van der Waals surface area contributed by atoms with E-state index in [2.05, 4.69) is 22.6 Å². The van der Waals surface area contributed by atoms with E-state index in [0.717, 1.165) is 11.1 Å². The Morgan fingerprint density at radius 3 is 2.21 bits per heavy atom. The van der Waals surface area contributed by atoms with E-state index in [0.29, 0.717) is 0 Å². The SMILES string of the molecule is CSC.Cc1ccc(I)cc1CO.[B]. The summed E-state index contributed by atoms with van der Waals surface area (Å²) in [6.45, 7) is 2.14. The van der Waals surface area contributed by atoms with Crippen molar-refractivity contribution in [2.24, 2.45) is 0 Å². The molecule has 0 aliphatic heterocycles. The van der Waals surface area contributed by atoms with Crippen LogP contribution in [0.25, 0.3) is 0 Å². The van der Waals surface area contributed by atoms with E-state index in [9.17, 15) is 0 Å². The van der Waals surface area contributed by atoms with Crippen LogP contribution in [0.3, 0.4) is 0 Å². The van der Waals surface area contributed by atoms with Crippen LogP contribution in [0.15, 0.2) is 18.2 Å². The highest BCUT2D eigenvalue weighted by Gasteiger charge is 1.95. The summed E-state index contributed by atoms with van der Waals surface area (Å²) in [5.41, 5.74) is 2.18. The number of benzene rings is 1. The molecule has 0 amide bonds. The average molecular weight is 321 g/mol. The van der Waals surface area contributed by atoms with Crippen molar-refractivity contribution < 1.29 is 5.11 Å². The number of thioether (sulfide) groups is 1. The summed E-state index contributed by atoms with van der Waals surface area (Å²) in [5, 5.41) is 8.84. The predicted octanol–water partition coefficient (Wildman–Crippen LogP) is 2.69. The molecular weight excluding hydrogens is 306 g/mol. The Morgan fingerprint density at radius 1 is 1.36 bits per heavy atom. The molecule has 77 valence electrons. The summed E-state index contributed by atoms with van der Waals surface area (Å²) in [7, 11) is 0. The first-order valence-electron chi connectivity index (χ1n) is 3.91. The van der Waals surface area contributed by atoms with Gasteiger partial charge >= 0.3 is 0 Å². The van der Waals surface area contributed by atoms with Gasteiger partial charge in [-0.25, -0.2) is 0 Å². The molecule has 0 atom stereocenters. The van der Waals surface area contributed by atoms with Crippen molar-refractivity contribution in [1.29, 1.82) is 0 Å². The molecule has 1 aromatic carbocycles. The van der Waals surface area contributed by atoms with Crippen LogP contribution in [0, 0.1) is 10.5 Å². The molecule has 0 spiro atoms. The number of aliphatic hydroxyl groups excluding tert-OH is 1. The molecule has 0 aliphatic rings. The average Bonchev–Trinajstić information content (AvgIpc) is 2.10. The van der Waals surface area contributed by atoms with Crippen LogP contribution in [0.1, 0.15) is 11.1 Å². The standard InChI is InChI=1S/C8H9IO.C2H6S.B/c1-6-2-3-8(9)4-7(6)5-10;1-3-2;/h2-4,10H,5H2,1H3;1-2H3;. The zero-order chi connectivity index (χ0) is 10.3. The minimum Gasteiger partial charge on any atom is -0.392 e. The maximum atomic E-state index is 8.84. The fourth-order valence-electron chi connectivity index (χ4n) is 0.810. The van der Waals surface area contributed by atoms with Crippen molar-refractivity contribution in [3.8, 4) is 0 Å². The number of aryl methyl sites for hydroxylation is 1. The third-order valence-corrected chi connectivity index (χ3v) is 2.15. The summed E-state index contributed by atoms with van der Waals surface area (Å²) in [4.78, 5) is 0. The summed E-state index contributed by atoms with van der Waals surface area (Å²) >= 11 is 3.98. The lowest BCUT2D eigenvalue weighted by atomic mass is 10.1. The molecule has 1 nitrogen and oxygen atoms in total. The summed E-state index contributed by atoms with van der Waals surface area (Å²) in [5.74, 6) is 0. The van der Waals surface area contributed by atoms with Gasteiger partial charge in [0.1, 0.15) is 0 Å². The van der Waals surface area contributed by atoms with Crippen molar-refractivity contribution in [1.82, 2.24) is 0 Å². The highest BCUT2D eigenvalue weighted by molar-refractivity contribution is 14.1. The van der Waals surface area contributed by atoms with Crippen molar-refractivity contribution in [2.75, 3.05) is 12.5 Å². The molecule has 0 fully saturated rings. The van der Waals surface area contributed by atoms with Crippen LogP contribution >= 0.6 is 34.4 Å². The molecule has 0 saturated heterocycles. The Labute approximate surface area is 106 Å². The lowest BCUT2D eigenvalue weighted by Gasteiger charge is -2.00. The van der Waals surface area contributed by atoms with Gasteiger partial charge in [-0.05, 0) is 65.3 Å². The quantitative estimate of drug-likeness (QED) is 0.634. The first-order chi connectivity index (χ1) is 6.15. The van der Waals surface area contributed by atoms with Gasteiger partial charge < -0.3 is 5.11 Å². The van der Waals surface area contributed by atoms with Gasteiger partial charge in [-0.15, -0.1) is 0 Å². The highest BCUT2D eigenvalue weighted by atomic mass is 127. The maximum absolute atomic E-state index is 8.84. The van der Waals surface area contributed by atoms with Gasteiger partial charge in [-0.1, -0.05) is 6.07 Å². The van der Waals surface area contributed by atoms with Crippen LogP contribution in [0.5, 0.6) is 0 Å². The molecule has 0 aromatic heterocycles. The van der Waals surface area contributed by atoms with Gasteiger partial charge in [0.2, 0.25) is 0 Å². The van der Waals surface area contributed by atoms with E-state index in [4.69, 9.17) is 5.11 Å². The molecule has 0 heterocycles. The zero-order valence-corrected chi connectivity index (χ0v) is 11.7. The van der Waals surface area contributed by atoms with Crippen molar-refractivity contribution in [2.45, 2.75) is 13.5 Å². The lowest BCUT2D eigenvalue weighted by molar-refractivity contribution is 0.281. The molecule has 4 heteroatoms. The molecule has 14 heavy (non-hydrogen) atoms. The Morgan fingerprint density at radius 2 is 1.86 bits per heavy atom. The number of hydrogen-bond donors (Lipinski definition) is 1. The van der Waals surface area contributed by atoms with Crippen LogP contribution < -0.4 is 0 Å². The Hall–Kier alpha value is 0.325. The Balaban J connectivity index is 0. The second-order valence-corrected chi connectivity index (χ2v) is 4.70. The van der Waals surface area contributed by atoms with Crippen LogP contribution in [0.2, 0.25) is 0 Å². The molecule has 0 aliphatic carbocycles. The Kier molecular flexibility index (Phi) is 11.8. The normalized spacial score (nSPS) is 8.36. The number of hydrogen-bond acceptors (Lipinski definition) is 2. The summed E-state index contributed by atoms with van der Waals surface area (Å²) in [6.07, 6.45) is 4.08. The van der Waals surface area contributed by atoms with Gasteiger partial charge in [0, 0.05) is 12.0 Å². The lowest BCUT2D eigenvalue weighted by Crippen LogP contribution is -1.88. The topological polar surface area (TPSA) is 20.2 Å². The van der Waals surface area contributed by atoms with Crippen LogP contribution in [0.4, 0.5) is 0 Å². The molecule has 3 radical (unpaired) electrons. The number of halogens is 1. The number of aliphatic hydroxyl groups is 1. The van der Waals surface area contributed by atoms with Gasteiger partial charge in [-0.3, -0.25) is 0 Å². The van der Waals surface area contributed by atoms with E-state index in [1.54, 1.807) is 11.8 Å². The van der Waals surface area contributed by atoms with Crippen LogP contribution in [-0.4, -0.2) is 26.0 Å². The van der Waals surface area contributed by atoms with Gasteiger partial charge in [0.15, 0.2) is 0 Å². The fourth-order valence-corrected chi connectivity index (χ4v) is 1.37. The minimum atomic E-state index is 0. The molecule has 0 bridgehead atoms. The largest absolute Gasteiger partial charge is 0.392 e. The van der Waals surface area contributed by atoms with Crippen LogP contribution in [-0.2, 0) is 6.61 Å². The van der Waals surface area contributed by atoms with Crippen molar-refractivity contribution in [3.05, 3.63) is 32.9 Å². The second-order valence-electron chi connectivity index (χ2n) is 2.64. The van der Waals surface area contributed by atoms with E-state index in [-0.39, 0.29) is 15.0 Å². The number of rotatable bonds is 1. The van der Waals surface area contributed by atoms with Gasteiger partial charge in [0.05, 0.1) is 6.61 Å². The first kappa shape index (κ1) is 16.7. The smallest absolute Gasteiger partial charge is 0.0684 e. The molecule has 0 unspecified atom stereocenters. The second kappa shape index (κ2) is 9.86. The molecule has 1 aromatic rings. The molecule has 1 rings (SSSR count). The predicted molar refractivity (Wildman–Crippen MR) is 75.0 cm³/mol.